The molecule has 39 heavy (non-hydrogen) atoms. The van der Waals surface area contributed by atoms with Gasteiger partial charge in [-0.3, -0.25) is 13.9 Å². The van der Waals surface area contributed by atoms with Crippen molar-refractivity contribution in [3.05, 3.63) is 95.8 Å². The first-order valence-electron chi connectivity index (χ1n) is 13.1. The van der Waals surface area contributed by atoms with Crippen molar-refractivity contribution in [2.24, 2.45) is 0 Å². The summed E-state index contributed by atoms with van der Waals surface area (Å²) in [6.07, 6.45) is 3.90. The van der Waals surface area contributed by atoms with Gasteiger partial charge in [-0.1, -0.05) is 60.9 Å². The van der Waals surface area contributed by atoms with Crippen molar-refractivity contribution >= 4 is 27.5 Å². The van der Waals surface area contributed by atoms with Crippen molar-refractivity contribution in [1.29, 1.82) is 0 Å². The lowest BCUT2D eigenvalue weighted by molar-refractivity contribution is -0.139. The molecule has 9 heteroatoms. The molecule has 1 aliphatic rings. The van der Waals surface area contributed by atoms with Gasteiger partial charge in [0, 0.05) is 12.6 Å². The van der Waals surface area contributed by atoms with Crippen molar-refractivity contribution in [1.82, 2.24) is 10.2 Å². The highest BCUT2D eigenvalue weighted by Crippen LogP contribution is 2.25. The average molecular weight is 552 g/mol. The molecule has 0 aliphatic heterocycles. The van der Waals surface area contributed by atoms with Crippen molar-refractivity contribution in [2.75, 3.05) is 10.8 Å². The summed E-state index contributed by atoms with van der Waals surface area (Å²) in [4.78, 5) is 28.6. The van der Waals surface area contributed by atoms with Crippen molar-refractivity contribution < 1.29 is 22.4 Å². The van der Waals surface area contributed by atoms with Crippen LogP contribution in [0.5, 0.6) is 0 Å². The zero-order valence-corrected chi connectivity index (χ0v) is 23.0. The zero-order chi connectivity index (χ0) is 28.0. The van der Waals surface area contributed by atoms with Crippen molar-refractivity contribution in [2.45, 2.75) is 63.1 Å². The third-order valence-electron chi connectivity index (χ3n) is 7.03. The molecular weight excluding hydrogens is 517 g/mol. The van der Waals surface area contributed by atoms with Crippen LogP contribution in [0.2, 0.25) is 0 Å². The van der Waals surface area contributed by atoms with Gasteiger partial charge in [0.05, 0.1) is 10.6 Å². The third kappa shape index (κ3) is 7.03. The van der Waals surface area contributed by atoms with Gasteiger partial charge < -0.3 is 10.2 Å². The number of aryl methyl sites for hydroxylation is 1. The second kappa shape index (κ2) is 12.4. The summed E-state index contributed by atoms with van der Waals surface area (Å²) in [5, 5.41) is 3.05. The number of hydrogen-bond donors (Lipinski definition) is 1. The molecule has 0 bridgehead atoms. The first kappa shape index (κ1) is 28.3. The van der Waals surface area contributed by atoms with Gasteiger partial charge in [-0.15, -0.1) is 0 Å². The Morgan fingerprint density at radius 2 is 1.64 bits per heavy atom. The minimum atomic E-state index is -4.18. The second-order valence-corrected chi connectivity index (χ2v) is 11.8. The van der Waals surface area contributed by atoms with E-state index in [0.717, 1.165) is 53.2 Å². The first-order chi connectivity index (χ1) is 18.6. The van der Waals surface area contributed by atoms with Crippen LogP contribution in [-0.2, 0) is 26.2 Å². The van der Waals surface area contributed by atoms with E-state index in [1.54, 1.807) is 25.1 Å². The fourth-order valence-corrected chi connectivity index (χ4v) is 6.27. The normalized spacial score (nSPS) is 14.5. The number of carbonyl (C=O) groups is 2. The van der Waals surface area contributed by atoms with E-state index < -0.39 is 34.3 Å². The predicted octanol–water partition coefficient (Wildman–Crippen LogP) is 4.81. The van der Waals surface area contributed by atoms with Gasteiger partial charge in [0.25, 0.3) is 10.0 Å². The first-order valence-corrected chi connectivity index (χ1v) is 14.6. The second-order valence-electron chi connectivity index (χ2n) is 9.98. The van der Waals surface area contributed by atoms with E-state index >= 15 is 0 Å². The summed E-state index contributed by atoms with van der Waals surface area (Å²) in [5.41, 5.74) is 1.97. The molecule has 1 saturated carbocycles. The highest BCUT2D eigenvalue weighted by atomic mass is 32.2. The van der Waals surface area contributed by atoms with E-state index in [4.69, 9.17) is 0 Å². The minimum absolute atomic E-state index is 0.000570. The van der Waals surface area contributed by atoms with Crippen molar-refractivity contribution in [3.8, 4) is 0 Å². The van der Waals surface area contributed by atoms with Gasteiger partial charge in [0.2, 0.25) is 11.8 Å². The molecule has 0 spiro atoms. The van der Waals surface area contributed by atoms with E-state index in [0.29, 0.717) is 0 Å². The molecule has 2 amide bonds. The molecule has 0 aromatic heterocycles. The smallest absolute Gasteiger partial charge is 0.264 e. The molecule has 3 aromatic rings. The molecule has 4 rings (SSSR count). The molecule has 3 aromatic carbocycles. The van der Waals surface area contributed by atoms with Crippen LogP contribution in [0.15, 0.2) is 83.8 Å². The highest BCUT2D eigenvalue weighted by Gasteiger charge is 2.33. The molecule has 1 aliphatic carbocycles. The molecule has 1 atom stereocenters. The molecule has 1 fully saturated rings. The van der Waals surface area contributed by atoms with Crippen LogP contribution in [0.25, 0.3) is 0 Å². The third-order valence-corrected chi connectivity index (χ3v) is 8.82. The minimum Gasteiger partial charge on any atom is -0.352 e. The molecule has 7 nitrogen and oxygen atoms in total. The summed E-state index contributed by atoms with van der Waals surface area (Å²) in [6, 6.07) is 19.6. The van der Waals surface area contributed by atoms with E-state index in [-0.39, 0.29) is 29.1 Å². The topological polar surface area (TPSA) is 86.8 Å². The lowest BCUT2D eigenvalue weighted by Crippen LogP contribution is -2.52. The van der Waals surface area contributed by atoms with Gasteiger partial charge in [0.15, 0.2) is 0 Å². The fraction of sp³-hybridized carbons (Fsp3) is 0.333. The zero-order valence-electron chi connectivity index (χ0n) is 22.2. The van der Waals surface area contributed by atoms with E-state index in [1.165, 1.54) is 29.2 Å². The summed E-state index contributed by atoms with van der Waals surface area (Å²) in [7, 11) is -4.18. The Hall–Kier alpha value is -3.72. The largest absolute Gasteiger partial charge is 0.352 e. The number of nitrogens with zero attached hydrogens (tertiary/aromatic N) is 2. The Balaban J connectivity index is 1.67. The molecule has 0 saturated heterocycles. The molecule has 1 N–H and O–H groups in total. The Bertz CT molecular complexity index is 1390. The van der Waals surface area contributed by atoms with Gasteiger partial charge in [-0.2, -0.15) is 0 Å². The van der Waals surface area contributed by atoms with Gasteiger partial charge in [-0.05, 0) is 68.7 Å². The van der Waals surface area contributed by atoms with Gasteiger partial charge in [-0.25, -0.2) is 12.8 Å². The fourth-order valence-electron chi connectivity index (χ4n) is 4.84. The summed E-state index contributed by atoms with van der Waals surface area (Å²) >= 11 is 0. The number of anilines is 1. The number of nitrogens with one attached hydrogen (secondary N) is 1. The Labute approximate surface area is 229 Å². The van der Waals surface area contributed by atoms with Crippen LogP contribution in [0, 0.1) is 12.7 Å². The lowest BCUT2D eigenvalue weighted by Gasteiger charge is -2.32. The molecule has 206 valence electrons. The maximum Gasteiger partial charge on any atom is 0.264 e. The van der Waals surface area contributed by atoms with Crippen LogP contribution in [0.1, 0.15) is 43.7 Å². The summed E-state index contributed by atoms with van der Waals surface area (Å²) in [5.74, 6) is -1.35. The maximum absolute atomic E-state index is 13.9. The van der Waals surface area contributed by atoms with Crippen LogP contribution >= 0.6 is 0 Å². The quantitative estimate of drug-likeness (QED) is 0.392. The van der Waals surface area contributed by atoms with Crippen LogP contribution in [0.4, 0.5) is 10.1 Å². The average Bonchev–Trinajstić information content (AvgIpc) is 3.44. The van der Waals surface area contributed by atoms with Crippen molar-refractivity contribution in [3.63, 3.8) is 0 Å². The number of benzene rings is 3. The number of sulfonamides is 1. The van der Waals surface area contributed by atoms with Gasteiger partial charge in [0.1, 0.15) is 18.4 Å². The molecular formula is C30H34FN3O4S. The number of carbonyl (C=O) groups excluding carboxylic acids is 2. The van der Waals surface area contributed by atoms with E-state index in [1.807, 2.05) is 31.2 Å². The molecule has 0 radical (unpaired) electrons. The van der Waals surface area contributed by atoms with Gasteiger partial charge >= 0.3 is 0 Å². The Kier molecular flexibility index (Phi) is 9.01. The monoisotopic (exact) mass is 551 g/mol. The van der Waals surface area contributed by atoms with Crippen LogP contribution < -0.4 is 9.62 Å². The Morgan fingerprint density at radius 1 is 0.974 bits per heavy atom. The highest BCUT2D eigenvalue weighted by molar-refractivity contribution is 7.92. The summed E-state index contributed by atoms with van der Waals surface area (Å²) < 4.78 is 42.1. The van der Waals surface area contributed by atoms with E-state index in [2.05, 4.69) is 5.32 Å². The molecule has 0 unspecified atom stereocenters. The predicted molar refractivity (Wildman–Crippen MR) is 149 cm³/mol. The number of hydrogen-bond acceptors (Lipinski definition) is 4. The molecule has 0 heterocycles. The standard InChI is InChI=1S/C30H34FN3O4S/c1-22-9-8-10-24(19-22)20-33(23(2)30(36)32-26-11-6-7-12-26)29(35)21-34(27-17-15-25(31)16-18-27)39(37,38)28-13-4-3-5-14-28/h3-5,8-10,13-19,23,26H,6-7,11-12,20-21H2,1-2H3,(H,32,36)/t23-/m1/s1. The number of halogens is 1. The Morgan fingerprint density at radius 3 is 2.28 bits per heavy atom. The number of rotatable bonds is 10. The SMILES string of the molecule is Cc1cccc(CN(C(=O)CN(c2ccc(F)cc2)S(=O)(=O)c2ccccc2)[C@H](C)C(=O)NC2CCCC2)c1. The summed E-state index contributed by atoms with van der Waals surface area (Å²) in [6.45, 7) is 3.17. The number of amides is 2. The van der Waals surface area contributed by atoms with E-state index in [9.17, 15) is 22.4 Å². The van der Waals surface area contributed by atoms with Crippen LogP contribution in [0.3, 0.4) is 0 Å². The maximum atomic E-state index is 13.9. The lowest BCUT2D eigenvalue weighted by atomic mass is 10.1. The van der Waals surface area contributed by atoms with Crippen LogP contribution in [-0.4, -0.2) is 43.8 Å².